The van der Waals surface area contributed by atoms with Crippen molar-refractivity contribution >= 4 is 0 Å². The molecule has 17 heavy (non-hydrogen) atoms. The molecule has 1 aromatic rings. The number of rotatable bonds is 4. The average molecular weight is 238 g/mol. The van der Waals surface area contributed by atoms with E-state index in [1.54, 1.807) is 6.07 Å². The van der Waals surface area contributed by atoms with Gasteiger partial charge in [-0.05, 0) is 49.1 Å². The van der Waals surface area contributed by atoms with Gasteiger partial charge in [0.25, 0.3) is 0 Å². The first-order valence-electron chi connectivity index (χ1n) is 6.26. The molecule has 2 saturated carbocycles. The van der Waals surface area contributed by atoms with E-state index in [1.807, 2.05) is 0 Å². The number of hydrogen-bond acceptors (Lipinski definition) is 1. The van der Waals surface area contributed by atoms with Crippen LogP contribution < -0.4 is 0 Å². The van der Waals surface area contributed by atoms with Gasteiger partial charge in [-0.25, -0.2) is 8.78 Å². The van der Waals surface area contributed by atoms with Gasteiger partial charge < -0.3 is 5.11 Å². The third kappa shape index (κ3) is 1.97. The zero-order valence-electron chi connectivity index (χ0n) is 9.63. The third-order valence-electron chi connectivity index (χ3n) is 4.07. The molecule has 92 valence electrons. The molecule has 0 atom stereocenters. The van der Waals surface area contributed by atoms with E-state index < -0.39 is 17.2 Å². The Balaban J connectivity index is 1.87. The quantitative estimate of drug-likeness (QED) is 0.854. The molecule has 1 N–H and O–H groups in total. The van der Waals surface area contributed by atoms with Crippen LogP contribution in [0.5, 0.6) is 0 Å². The number of aliphatic hydroxyl groups is 1. The largest absolute Gasteiger partial charge is 0.389 e. The Kier molecular flexibility index (Phi) is 2.47. The summed E-state index contributed by atoms with van der Waals surface area (Å²) in [5.41, 5.74) is -0.486. The Labute approximate surface area is 99.5 Å². The molecule has 1 nitrogen and oxygen atoms in total. The summed E-state index contributed by atoms with van der Waals surface area (Å²) in [7, 11) is 0. The summed E-state index contributed by atoms with van der Waals surface area (Å²) in [4.78, 5) is 0. The minimum absolute atomic E-state index is 0.256. The molecule has 0 heterocycles. The van der Waals surface area contributed by atoms with Crippen molar-refractivity contribution in [2.45, 2.75) is 37.7 Å². The van der Waals surface area contributed by atoms with E-state index in [2.05, 4.69) is 0 Å². The highest BCUT2D eigenvalue weighted by molar-refractivity contribution is 5.23. The van der Waals surface area contributed by atoms with Crippen LogP contribution in [-0.4, -0.2) is 10.7 Å². The van der Waals surface area contributed by atoms with Gasteiger partial charge in [-0.15, -0.1) is 0 Å². The molecule has 0 unspecified atom stereocenters. The van der Waals surface area contributed by atoms with Crippen LogP contribution >= 0.6 is 0 Å². The summed E-state index contributed by atoms with van der Waals surface area (Å²) in [5.74, 6) is -1.04. The van der Waals surface area contributed by atoms with Crippen LogP contribution in [0.4, 0.5) is 8.78 Å². The first-order chi connectivity index (χ1) is 8.11. The molecular weight excluding hydrogens is 222 g/mol. The second-order valence-corrected chi connectivity index (χ2v) is 5.43. The van der Waals surface area contributed by atoms with Crippen molar-refractivity contribution in [3.63, 3.8) is 0 Å². The first kappa shape index (κ1) is 11.1. The maximum atomic E-state index is 13.6. The fourth-order valence-electron chi connectivity index (χ4n) is 2.78. The van der Waals surface area contributed by atoms with Gasteiger partial charge in [-0.1, -0.05) is 12.1 Å². The highest BCUT2D eigenvalue weighted by Crippen LogP contribution is 2.53. The molecular formula is C14H16F2O. The Morgan fingerprint density at radius 2 is 1.71 bits per heavy atom. The van der Waals surface area contributed by atoms with E-state index in [4.69, 9.17) is 0 Å². The normalized spacial score (nSPS) is 20.6. The van der Waals surface area contributed by atoms with E-state index in [0.29, 0.717) is 5.56 Å². The third-order valence-corrected chi connectivity index (χ3v) is 4.07. The molecule has 2 fully saturated rings. The van der Waals surface area contributed by atoms with Crippen LogP contribution in [0.15, 0.2) is 18.2 Å². The molecule has 0 aromatic heterocycles. The molecule has 0 aliphatic heterocycles. The lowest BCUT2D eigenvalue weighted by Gasteiger charge is -2.28. The second kappa shape index (κ2) is 3.77. The molecule has 2 aliphatic carbocycles. The van der Waals surface area contributed by atoms with E-state index in [-0.39, 0.29) is 18.3 Å². The zero-order chi connectivity index (χ0) is 12.0. The van der Waals surface area contributed by atoms with Crippen LogP contribution in [0.3, 0.4) is 0 Å². The first-order valence-corrected chi connectivity index (χ1v) is 6.26. The van der Waals surface area contributed by atoms with Gasteiger partial charge in [0.1, 0.15) is 0 Å². The van der Waals surface area contributed by atoms with Crippen LogP contribution in [0.25, 0.3) is 0 Å². The summed E-state index contributed by atoms with van der Waals surface area (Å²) in [6.07, 6.45) is 4.33. The molecule has 0 spiro atoms. The zero-order valence-corrected chi connectivity index (χ0v) is 9.63. The van der Waals surface area contributed by atoms with Crippen LogP contribution in [0.1, 0.15) is 31.2 Å². The molecule has 1 aromatic carbocycles. The van der Waals surface area contributed by atoms with Crippen LogP contribution in [0.2, 0.25) is 0 Å². The van der Waals surface area contributed by atoms with Gasteiger partial charge in [0.2, 0.25) is 0 Å². The minimum atomic E-state index is -0.823. The summed E-state index contributed by atoms with van der Waals surface area (Å²) >= 11 is 0. The summed E-state index contributed by atoms with van der Waals surface area (Å²) in [6.45, 7) is 0. The SMILES string of the molecule is OC(Cc1cccc(F)c1F)(C1CC1)C1CC1. The van der Waals surface area contributed by atoms with Gasteiger partial charge in [0.15, 0.2) is 11.6 Å². The Hall–Kier alpha value is -0.960. The molecule has 3 rings (SSSR count). The number of halogens is 2. The van der Waals surface area contributed by atoms with Gasteiger partial charge in [-0.2, -0.15) is 0 Å². The standard InChI is InChI=1S/C14H16F2O/c15-12-3-1-2-9(13(12)16)8-14(17,10-4-5-10)11-6-7-11/h1-3,10-11,17H,4-8H2. The lowest BCUT2D eigenvalue weighted by Crippen LogP contribution is -2.37. The predicted molar refractivity (Wildman–Crippen MR) is 60.5 cm³/mol. The smallest absolute Gasteiger partial charge is 0.162 e. The van der Waals surface area contributed by atoms with Crippen LogP contribution in [-0.2, 0) is 6.42 Å². The topological polar surface area (TPSA) is 20.2 Å². The molecule has 0 bridgehead atoms. The lowest BCUT2D eigenvalue weighted by molar-refractivity contribution is -0.00532. The van der Waals surface area contributed by atoms with Crippen molar-refractivity contribution in [3.8, 4) is 0 Å². The Morgan fingerprint density at radius 3 is 2.24 bits per heavy atom. The number of hydrogen-bond donors (Lipinski definition) is 1. The van der Waals surface area contributed by atoms with Crippen molar-refractivity contribution in [2.24, 2.45) is 11.8 Å². The maximum absolute atomic E-state index is 13.6. The highest BCUT2D eigenvalue weighted by atomic mass is 19.2. The molecule has 0 amide bonds. The molecule has 2 aliphatic rings. The fraction of sp³-hybridized carbons (Fsp3) is 0.571. The van der Waals surface area contributed by atoms with Crippen molar-refractivity contribution in [1.29, 1.82) is 0 Å². The summed E-state index contributed by atoms with van der Waals surface area (Å²) in [5, 5.41) is 10.7. The van der Waals surface area contributed by atoms with Crippen molar-refractivity contribution in [2.75, 3.05) is 0 Å². The Morgan fingerprint density at radius 1 is 1.12 bits per heavy atom. The van der Waals surface area contributed by atoms with Crippen molar-refractivity contribution in [3.05, 3.63) is 35.4 Å². The van der Waals surface area contributed by atoms with E-state index in [1.165, 1.54) is 6.07 Å². The number of benzene rings is 1. The monoisotopic (exact) mass is 238 g/mol. The fourth-order valence-corrected chi connectivity index (χ4v) is 2.78. The van der Waals surface area contributed by atoms with Gasteiger partial charge >= 0.3 is 0 Å². The van der Waals surface area contributed by atoms with E-state index in [9.17, 15) is 13.9 Å². The molecule has 3 heteroatoms. The predicted octanol–water partition coefficient (Wildman–Crippen LogP) is 3.06. The minimum Gasteiger partial charge on any atom is -0.389 e. The molecule has 0 radical (unpaired) electrons. The highest BCUT2D eigenvalue weighted by Gasteiger charge is 2.53. The maximum Gasteiger partial charge on any atom is 0.162 e. The summed E-state index contributed by atoms with van der Waals surface area (Å²) in [6, 6.07) is 4.20. The van der Waals surface area contributed by atoms with E-state index >= 15 is 0 Å². The van der Waals surface area contributed by atoms with Gasteiger partial charge in [0, 0.05) is 6.42 Å². The average Bonchev–Trinajstić information content (AvgIpc) is 3.18. The van der Waals surface area contributed by atoms with Gasteiger partial charge in [-0.3, -0.25) is 0 Å². The van der Waals surface area contributed by atoms with Crippen molar-refractivity contribution < 1.29 is 13.9 Å². The van der Waals surface area contributed by atoms with Gasteiger partial charge in [0.05, 0.1) is 5.60 Å². The van der Waals surface area contributed by atoms with Crippen LogP contribution in [0, 0.1) is 23.5 Å². The molecule has 0 saturated heterocycles. The lowest BCUT2D eigenvalue weighted by atomic mass is 9.85. The second-order valence-electron chi connectivity index (χ2n) is 5.43. The van der Waals surface area contributed by atoms with E-state index in [0.717, 1.165) is 31.7 Å². The Bertz CT molecular complexity index is 424. The van der Waals surface area contributed by atoms with Crippen molar-refractivity contribution in [1.82, 2.24) is 0 Å². The summed E-state index contributed by atoms with van der Waals surface area (Å²) < 4.78 is 26.7.